The van der Waals surface area contributed by atoms with Gasteiger partial charge in [0.05, 0.1) is 0 Å². The Bertz CT molecular complexity index is 96.2. The average molecular weight is 226 g/mol. The molecular formula is C8H18OS3. The van der Waals surface area contributed by atoms with Crippen LogP contribution in [0, 0.1) is 0 Å². The maximum atomic E-state index is 8.66. The SMILES string of the molecule is CSC(CCCCO)(SC)SC. The number of rotatable bonds is 7. The number of aliphatic hydroxyl groups excluding tert-OH is 1. The minimum absolute atomic E-state index is 0.315. The van der Waals surface area contributed by atoms with Gasteiger partial charge in [0.2, 0.25) is 0 Å². The van der Waals surface area contributed by atoms with E-state index in [2.05, 4.69) is 18.8 Å². The van der Waals surface area contributed by atoms with Crippen LogP contribution in [-0.2, 0) is 0 Å². The Kier molecular flexibility index (Phi) is 8.04. The van der Waals surface area contributed by atoms with Crippen LogP contribution >= 0.6 is 35.3 Å². The van der Waals surface area contributed by atoms with E-state index < -0.39 is 0 Å². The molecule has 0 saturated heterocycles. The lowest BCUT2D eigenvalue weighted by Gasteiger charge is -2.27. The largest absolute Gasteiger partial charge is 0.396 e. The van der Waals surface area contributed by atoms with Crippen molar-refractivity contribution in [1.29, 1.82) is 0 Å². The highest BCUT2D eigenvalue weighted by molar-refractivity contribution is 8.33. The molecule has 0 radical (unpaired) electrons. The monoisotopic (exact) mass is 226 g/mol. The molecule has 0 aliphatic heterocycles. The molecule has 12 heavy (non-hydrogen) atoms. The molecule has 74 valence electrons. The summed E-state index contributed by atoms with van der Waals surface area (Å²) in [4.78, 5) is 0. The molecule has 4 heteroatoms. The van der Waals surface area contributed by atoms with Crippen molar-refractivity contribution in [2.75, 3.05) is 25.4 Å². The molecule has 0 amide bonds. The summed E-state index contributed by atoms with van der Waals surface area (Å²) in [5, 5.41) is 8.66. The second-order valence-electron chi connectivity index (χ2n) is 2.48. The second-order valence-corrected chi connectivity index (χ2v) is 6.57. The summed E-state index contributed by atoms with van der Waals surface area (Å²) in [5.74, 6) is 0. The van der Waals surface area contributed by atoms with Gasteiger partial charge in [0.1, 0.15) is 3.41 Å². The first-order valence-corrected chi connectivity index (χ1v) is 7.68. The van der Waals surface area contributed by atoms with Crippen molar-refractivity contribution in [3.05, 3.63) is 0 Å². The lowest BCUT2D eigenvalue weighted by atomic mass is 10.3. The lowest BCUT2D eigenvalue weighted by Crippen LogP contribution is -2.13. The minimum atomic E-state index is 0.315. The lowest BCUT2D eigenvalue weighted by molar-refractivity contribution is 0.283. The topological polar surface area (TPSA) is 20.2 Å². The molecular weight excluding hydrogens is 208 g/mol. The fraction of sp³-hybridized carbons (Fsp3) is 1.00. The van der Waals surface area contributed by atoms with Gasteiger partial charge in [0.15, 0.2) is 0 Å². The van der Waals surface area contributed by atoms with E-state index in [1.165, 1.54) is 6.42 Å². The fourth-order valence-electron chi connectivity index (χ4n) is 1.01. The predicted octanol–water partition coefficient (Wildman–Crippen LogP) is 2.89. The van der Waals surface area contributed by atoms with Gasteiger partial charge in [-0.25, -0.2) is 0 Å². The maximum absolute atomic E-state index is 8.66. The van der Waals surface area contributed by atoms with Crippen LogP contribution in [0.25, 0.3) is 0 Å². The highest BCUT2D eigenvalue weighted by Crippen LogP contribution is 2.46. The van der Waals surface area contributed by atoms with E-state index in [0.717, 1.165) is 12.8 Å². The Morgan fingerprint density at radius 2 is 1.50 bits per heavy atom. The van der Waals surface area contributed by atoms with Crippen molar-refractivity contribution in [3.63, 3.8) is 0 Å². The van der Waals surface area contributed by atoms with E-state index in [-0.39, 0.29) is 0 Å². The standard InChI is InChI=1S/C8H18OS3/c1-10-8(11-2,12-3)6-4-5-7-9/h9H,4-7H2,1-3H3. The first-order chi connectivity index (χ1) is 5.74. The summed E-state index contributed by atoms with van der Waals surface area (Å²) in [5.41, 5.74) is 0. The summed E-state index contributed by atoms with van der Waals surface area (Å²) >= 11 is 5.74. The van der Waals surface area contributed by atoms with Gasteiger partial charge in [-0.1, -0.05) is 0 Å². The van der Waals surface area contributed by atoms with Gasteiger partial charge in [-0.15, -0.1) is 35.3 Å². The Labute approximate surface area is 88.5 Å². The molecule has 1 nitrogen and oxygen atoms in total. The quantitative estimate of drug-likeness (QED) is 0.532. The van der Waals surface area contributed by atoms with E-state index in [1.807, 2.05) is 35.3 Å². The van der Waals surface area contributed by atoms with Crippen LogP contribution in [0.4, 0.5) is 0 Å². The first kappa shape index (κ1) is 13.0. The smallest absolute Gasteiger partial charge is 0.106 e. The van der Waals surface area contributed by atoms with Gasteiger partial charge in [-0.05, 0) is 38.0 Å². The Morgan fingerprint density at radius 1 is 1.00 bits per heavy atom. The minimum Gasteiger partial charge on any atom is -0.396 e. The van der Waals surface area contributed by atoms with Crippen LogP contribution in [-0.4, -0.2) is 33.9 Å². The van der Waals surface area contributed by atoms with Gasteiger partial charge in [-0.3, -0.25) is 0 Å². The van der Waals surface area contributed by atoms with Crippen molar-refractivity contribution < 1.29 is 5.11 Å². The van der Waals surface area contributed by atoms with Crippen molar-refractivity contribution in [2.24, 2.45) is 0 Å². The van der Waals surface area contributed by atoms with Crippen LogP contribution in [0.2, 0.25) is 0 Å². The van der Waals surface area contributed by atoms with Crippen LogP contribution < -0.4 is 0 Å². The van der Waals surface area contributed by atoms with Gasteiger partial charge < -0.3 is 5.11 Å². The molecule has 0 atom stereocenters. The zero-order valence-electron chi connectivity index (χ0n) is 8.00. The number of unbranched alkanes of at least 4 members (excludes halogenated alkanes) is 1. The molecule has 0 fully saturated rings. The van der Waals surface area contributed by atoms with Crippen LogP contribution in [0.15, 0.2) is 0 Å². The highest BCUT2D eigenvalue weighted by Gasteiger charge is 2.25. The summed E-state index contributed by atoms with van der Waals surface area (Å²) in [7, 11) is 0. The van der Waals surface area contributed by atoms with Crippen LogP contribution in [0.5, 0.6) is 0 Å². The average Bonchev–Trinajstić information content (AvgIpc) is 2.14. The van der Waals surface area contributed by atoms with E-state index in [9.17, 15) is 0 Å². The molecule has 0 bridgehead atoms. The molecule has 0 aliphatic rings. The molecule has 0 rings (SSSR count). The summed E-state index contributed by atoms with van der Waals surface area (Å²) in [6.45, 7) is 0.327. The molecule has 0 heterocycles. The van der Waals surface area contributed by atoms with E-state index in [0.29, 0.717) is 10.0 Å². The van der Waals surface area contributed by atoms with Crippen LogP contribution in [0.3, 0.4) is 0 Å². The van der Waals surface area contributed by atoms with E-state index >= 15 is 0 Å². The zero-order chi connectivity index (χ0) is 9.45. The number of hydrogen-bond donors (Lipinski definition) is 1. The Balaban J connectivity index is 3.76. The molecule has 1 N–H and O–H groups in total. The van der Waals surface area contributed by atoms with E-state index in [4.69, 9.17) is 5.11 Å². The van der Waals surface area contributed by atoms with Gasteiger partial charge in [0.25, 0.3) is 0 Å². The molecule has 0 unspecified atom stereocenters. The van der Waals surface area contributed by atoms with Gasteiger partial charge in [0, 0.05) is 6.61 Å². The highest BCUT2D eigenvalue weighted by atomic mass is 32.3. The Hall–Kier alpha value is 1.01. The fourth-order valence-corrected chi connectivity index (χ4v) is 4.05. The Morgan fingerprint density at radius 3 is 1.83 bits per heavy atom. The normalized spacial score (nSPS) is 12.0. The number of hydrogen-bond acceptors (Lipinski definition) is 4. The second kappa shape index (κ2) is 7.42. The number of thioether (sulfide) groups is 3. The van der Waals surface area contributed by atoms with E-state index in [1.54, 1.807) is 0 Å². The molecule has 0 saturated carbocycles. The molecule has 0 aromatic carbocycles. The predicted molar refractivity (Wildman–Crippen MR) is 64.2 cm³/mol. The van der Waals surface area contributed by atoms with Crippen molar-refractivity contribution in [2.45, 2.75) is 22.7 Å². The third kappa shape index (κ3) is 4.30. The summed E-state index contributed by atoms with van der Waals surface area (Å²) in [6, 6.07) is 0. The molecule has 0 aromatic rings. The van der Waals surface area contributed by atoms with Crippen molar-refractivity contribution in [1.82, 2.24) is 0 Å². The third-order valence-electron chi connectivity index (χ3n) is 1.82. The third-order valence-corrected chi connectivity index (χ3v) is 7.30. The molecule has 0 aromatic heterocycles. The first-order valence-electron chi connectivity index (χ1n) is 4.01. The molecule has 0 aliphatic carbocycles. The summed E-state index contributed by atoms with van der Waals surface area (Å²) < 4.78 is 0.315. The maximum Gasteiger partial charge on any atom is 0.106 e. The van der Waals surface area contributed by atoms with Gasteiger partial charge in [-0.2, -0.15) is 0 Å². The zero-order valence-corrected chi connectivity index (χ0v) is 10.4. The number of aliphatic hydroxyl groups is 1. The van der Waals surface area contributed by atoms with Crippen molar-refractivity contribution >= 4 is 35.3 Å². The van der Waals surface area contributed by atoms with Crippen LogP contribution in [0.1, 0.15) is 19.3 Å². The summed E-state index contributed by atoms with van der Waals surface area (Å²) in [6.07, 6.45) is 9.71. The van der Waals surface area contributed by atoms with Gasteiger partial charge >= 0.3 is 0 Å². The van der Waals surface area contributed by atoms with Crippen molar-refractivity contribution in [3.8, 4) is 0 Å². The molecule has 0 spiro atoms.